The van der Waals surface area contributed by atoms with Crippen molar-refractivity contribution in [2.45, 2.75) is 0 Å². The Morgan fingerprint density at radius 2 is 1.00 bits per heavy atom. The molecule has 0 aliphatic carbocycles. The van der Waals surface area contributed by atoms with Crippen molar-refractivity contribution in [3.05, 3.63) is 0 Å². The zero-order chi connectivity index (χ0) is 0. The van der Waals surface area contributed by atoms with E-state index < -0.39 is 0 Å². The van der Waals surface area contributed by atoms with Crippen molar-refractivity contribution in [1.82, 2.24) is 0 Å². The molecule has 2 N–H and O–H groups in total. The first-order valence-corrected chi connectivity index (χ1v) is 0. The summed E-state index contributed by atoms with van der Waals surface area (Å²) in [6.45, 7) is 0. The summed E-state index contributed by atoms with van der Waals surface area (Å²) in [5.41, 5.74) is 0. The van der Waals surface area contributed by atoms with Gasteiger partial charge in [-0.25, -0.2) is 0 Å². The second-order valence-corrected chi connectivity index (χ2v) is 0. The fourth-order valence-electron chi connectivity index (χ4n) is 0. The molecule has 0 heterocycles. The predicted octanol–water partition coefficient (Wildman–Crippen LogP) is -2.13. The smallest absolute Gasteiger partial charge is 2.00 e. The van der Waals surface area contributed by atoms with Gasteiger partial charge in [0.1, 0.15) is 0 Å². The maximum absolute atomic E-state index is 0. The molecule has 0 aromatic rings. The molecule has 0 fully saturated rings. The van der Waals surface area contributed by atoms with Gasteiger partial charge in [0.15, 0.2) is 0 Å². The first kappa shape index (κ1) is 80.2. The van der Waals surface area contributed by atoms with Crippen molar-refractivity contribution in [2.75, 3.05) is 0 Å². The largest absolute Gasteiger partial charge is 2.00 e. The molecule has 0 radical (unpaired) electrons. The Bertz CT molecular complexity index is 6.00. The second-order valence-electron chi connectivity index (χ2n) is 0. The van der Waals surface area contributed by atoms with E-state index >= 15 is 0 Å². The van der Waals surface area contributed by atoms with E-state index in [4.69, 9.17) is 0 Å². The molecule has 0 aliphatic rings. The maximum Gasteiger partial charge on any atom is 2.00 e. The van der Waals surface area contributed by atoms with Gasteiger partial charge in [-0.15, -0.1) is 0 Å². The van der Waals surface area contributed by atoms with Crippen LogP contribution < -0.4 is 0 Å². The van der Waals surface area contributed by atoms with Crippen molar-refractivity contribution in [3.8, 4) is 0 Å². The van der Waals surface area contributed by atoms with Gasteiger partial charge in [-0.05, 0) is 0 Å². The summed E-state index contributed by atoms with van der Waals surface area (Å²) in [7, 11) is 0. The maximum atomic E-state index is 0. The van der Waals surface area contributed by atoms with Gasteiger partial charge in [0.25, 0.3) is 0 Å². The standard InChI is InChI=1S/AsH3.Fe.H2O.O/h1H3;;1H2;/q;+2;;-2. The van der Waals surface area contributed by atoms with E-state index in [-0.39, 0.29) is 46.0 Å². The Kier molecular flexibility index (Phi) is 724. The second kappa shape index (κ2) is 36.1. The molecule has 1 atom stereocenters. The van der Waals surface area contributed by atoms with Crippen molar-refractivity contribution in [1.29, 1.82) is 0 Å². The van der Waals surface area contributed by atoms with Crippen molar-refractivity contribution < 1.29 is 28.0 Å². The molecule has 4 heavy (non-hydrogen) atoms. The van der Waals surface area contributed by atoms with Gasteiger partial charge >= 0.3 is 35.0 Å². The Labute approximate surface area is 46.4 Å². The van der Waals surface area contributed by atoms with Gasteiger partial charge < -0.3 is 11.0 Å². The molecule has 0 saturated heterocycles. The monoisotopic (exact) mass is 168 g/mol. The van der Waals surface area contributed by atoms with Crippen LogP contribution in [-0.4, -0.2) is 23.4 Å². The van der Waals surface area contributed by atoms with Crippen LogP contribution >= 0.6 is 0 Å². The summed E-state index contributed by atoms with van der Waals surface area (Å²) in [5.74, 6) is 0. The minimum Gasteiger partial charge on any atom is -2.00 e. The van der Waals surface area contributed by atoms with Crippen LogP contribution in [0.1, 0.15) is 0 Å². The quantitative estimate of drug-likeness (QED) is 0.371. The summed E-state index contributed by atoms with van der Waals surface area (Å²) in [6, 6.07) is 0. The molecular weight excluding hydrogens is 163 g/mol. The third-order valence-corrected chi connectivity index (χ3v) is 0. The number of hydrogen-bond acceptors (Lipinski definition) is 0. The van der Waals surface area contributed by atoms with E-state index in [9.17, 15) is 0 Å². The first-order chi connectivity index (χ1) is 0. The summed E-state index contributed by atoms with van der Waals surface area (Å²) in [5, 5.41) is 0. The van der Waals surface area contributed by atoms with E-state index in [1.54, 1.807) is 0 Å². The molecule has 4 heteroatoms. The first-order valence-electron chi connectivity index (χ1n) is 0. The van der Waals surface area contributed by atoms with Crippen LogP contribution in [0.5, 0.6) is 0 Å². The van der Waals surface area contributed by atoms with Crippen LogP contribution in [-0.2, 0) is 22.5 Å². The third kappa shape index (κ3) is 12.0. The van der Waals surface area contributed by atoms with Crippen molar-refractivity contribution in [3.63, 3.8) is 0 Å². The van der Waals surface area contributed by atoms with E-state index in [2.05, 4.69) is 0 Å². The molecule has 30 valence electrons. The van der Waals surface area contributed by atoms with E-state index in [1.807, 2.05) is 0 Å². The van der Waals surface area contributed by atoms with Crippen molar-refractivity contribution >= 4 is 18.0 Å². The minimum absolute atomic E-state index is 0. The van der Waals surface area contributed by atoms with Gasteiger partial charge in [0.2, 0.25) is 0 Å². The number of rotatable bonds is 0. The van der Waals surface area contributed by atoms with Gasteiger partial charge in [-0.1, -0.05) is 0 Å². The van der Waals surface area contributed by atoms with Crippen LogP contribution in [0.3, 0.4) is 0 Å². The average molecular weight is 168 g/mol. The minimum atomic E-state index is 0. The van der Waals surface area contributed by atoms with Gasteiger partial charge in [-0.2, -0.15) is 0 Å². The van der Waals surface area contributed by atoms with E-state index in [0.717, 1.165) is 0 Å². The summed E-state index contributed by atoms with van der Waals surface area (Å²) in [6.07, 6.45) is 0. The van der Waals surface area contributed by atoms with Crippen molar-refractivity contribution in [2.24, 2.45) is 0 Å². The van der Waals surface area contributed by atoms with E-state index in [1.165, 1.54) is 0 Å². The molecule has 0 rings (SSSR count). The van der Waals surface area contributed by atoms with Crippen LogP contribution in [0.15, 0.2) is 0 Å². The van der Waals surface area contributed by atoms with Gasteiger partial charge in [0.05, 0.1) is 0 Å². The zero-order valence-corrected chi connectivity index (χ0v) is 6.04. The fourth-order valence-corrected chi connectivity index (χ4v) is 0. The Hall–Kier alpha value is 0.998. The van der Waals surface area contributed by atoms with Crippen LogP contribution in [0.2, 0.25) is 0 Å². The SMILES string of the molecule is O.[AsH3].[Fe+2].[O-2]. The molecule has 0 saturated carbocycles. The van der Waals surface area contributed by atoms with Crippen LogP contribution in [0, 0.1) is 0 Å². The average Bonchev–Trinajstić information content (AvgIpc) is 0. The molecular formula is H5AsFeO2. The number of hydrogen-bond donors (Lipinski definition) is 0. The molecule has 0 aliphatic heterocycles. The summed E-state index contributed by atoms with van der Waals surface area (Å²) < 4.78 is 0. The molecule has 0 aromatic heterocycles. The van der Waals surface area contributed by atoms with Gasteiger partial charge in [0, 0.05) is 0 Å². The molecule has 0 amide bonds. The predicted molar refractivity (Wildman–Crippen MR) is 14.2 cm³/mol. The molecule has 1 unspecified atom stereocenters. The molecule has 0 spiro atoms. The topological polar surface area (TPSA) is 60.0 Å². The summed E-state index contributed by atoms with van der Waals surface area (Å²) in [4.78, 5) is 0. The Morgan fingerprint density at radius 3 is 1.00 bits per heavy atom. The van der Waals surface area contributed by atoms with Gasteiger partial charge in [-0.3, -0.25) is 0 Å². The normalized spacial score (nSPS) is 0. The summed E-state index contributed by atoms with van der Waals surface area (Å²) >= 11 is 0. The third-order valence-electron chi connectivity index (χ3n) is 0. The Morgan fingerprint density at radius 1 is 1.00 bits per heavy atom. The van der Waals surface area contributed by atoms with Crippen LogP contribution in [0.4, 0.5) is 0 Å². The van der Waals surface area contributed by atoms with Crippen LogP contribution in [0.25, 0.3) is 0 Å². The molecule has 0 aromatic carbocycles. The zero-order valence-electron chi connectivity index (χ0n) is 1.97. The Balaban J connectivity index is 0. The molecule has 0 bridgehead atoms. The van der Waals surface area contributed by atoms with E-state index in [0.29, 0.717) is 0 Å². The molecule has 2 nitrogen and oxygen atoms in total. The fraction of sp³-hybridized carbons (Fsp3) is 0.